The molecule has 2 heterocycles. The Morgan fingerprint density at radius 1 is 1.61 bits per heavy atom. The van der Waals surface area contributed by atoms with Gasteiger partial charge in [0.25, 0.3) is 0 Å². The third-order valence-electron chi connectivity index (χ3n) is 3.52. The molecular formula is C14H18N6OS2. The van der Waals surface area contributed by atoms with Crippen LogP contribution in [0.5, 0.6) is 0 Å². The number of nitrogens with two attached hydrogens (primary N) is 1. The molecule has 0 spiro atoms. The van der Waals surface area contributed by atoms with E-state index in [4.69, 9.17) is 5.84 Å². The maximum Gasteiger partial charge on any atom is 0.231 e. The summed E-state index contributed by atoms with van der Waals surface area (Å²) in [4.78, 5) is 13.0. The number of hydrogen-bond acceptors (Lipinski definition) is 7. The Balaban J connectivity index is 1.99. The minimum atomic E-state index is -0.893. The van der Waals surface area contributed by atoms with E-state index in [9.17, 15) is 10.1 Å². The number of nitrogen functional groups attached to an aromatic ring is 1. The van der Waals surface area contributed by atoms with Crippen molar-refractivity contribution in [3.63, 3.8) is 0 Å². The molecule has 0 aliphatic carbocycles. The third kappa shape index (κ3) is 3.83. The van der Waals surface area contributed by atoms with Crippen molar-refractivity contribution < 1.29 is 4.79 Å². The van der Waals surface area contributed by atoms with Crippen LogP contribution in [0.2, 0.25) is 0 Å². The number of nitrogens with zero attached hydrogens (tertiary/aromatic N) is 4. The van der Waals surface area contributed by atoms with E-state index in [1.807, 2.05) is 31.4 Å². The van der Waals surface area contributed by atoms with E-state index in [0.717, 1.165) is 4.88 Å². The van der Waals surface area contributed by atoms with Gasteiger partial charge in [-0.25, -0.2) is 4.68 Å². The number of carbonyl (C=O) groups is 1. The molecular weight excluding hydrogens is 332 g/mol. The Morgan fingerprint density at radius 3 is 2.91 bits per heavy atom. The van der Waals surface area contributed by atoms with E-state index in [2.05, 4.69) is 21.6 Å². The van der Waals surface area contributed by atoms with Crippen molar-refractivity contribution in [1.29, 1.82) is 5.26 Å². The number of nitriles is 1. The minimum absolute atomic E-state index is 0.00467. The second-order valence-electron chi connectivity index (χ2n) is 5.46. The predicted molar refractivity (Wildman–Crippen MR) is 91.2 cm³/mol. The lowest BCUT2D eigenvalue weighted by Crippen LogP contribution is -2.49. The average molecular weight is 350 g/mol. The van der Waals surface area contributed by atoms with E-state index in [1.54, 1.807) is 6.92 Å². The monoisotopic (exact) mass is 350 g/mol. The lowest BCUT2D eigenvalue weighted by Gasteiger charge is -2.27. The fourth-order valence-electron chi connectivity index (χ4n) is 1.71. The van der Waals surface area contributed by atoms with E-state index < -0.39 is 5.54 Å². The van der Waals surface area contributed by atoms with Gasteiger partial charge in [0.05, 0.1) is 16.7 Å². The molecule has 0 unspecified atom stereocenters. The molecule has 2 aromatic heterocycles. The normalized spacial score (nSPS) is 13.5. The molecule has 0 radical (unpaired) electrons. The summed E-state index contributed by atoms with van der Waals surface area (Å²) in [5.41, 5.74) is -0.893. The van der Waals surface area contributed by atoms with Crippen LogP contribution in [-0.4, -0.2) is 32.1 Å². The lowest BCUT2D eigenvalue weighted by atomic mass is 9.90. The Labute approximate surface area is 142 Å². The summed E-state index contributed by atoms with van der Waals surface area (Å²) in [7, 11) is 0. The molecule has 0 aliphatic rings. The molecule has 9 heteroatoms. The fourth-order valence-corrected chi connectivity index (χ4v) is 3.07. The van der Waals surface area contributed by atoms with Crippen molar-refractivity contribution in [2.24, 2.45) is 5.92 Å². The second kappa shape index (κ2) is 7.02. The largest absolute Gasteiger partial charge is 0.337 e. The highest BCUT2D eigenvalue weighted by Crippen LogP contribution is 2.25. The Kier molecular flexibility index (Phi) is 5.28. The highest BCUT2D eigenvalue weighted by Gasteiger charge is 2.30. The molecule has 0 aliphatic heterocycles. The summed E-state index contributed by atoms with van der Waals surface area (Å²) < 4.78 is 1.37. The predicted octanol–water partition coefficient (Wildman–Crippen LogP) is 1.87. The smallest absolute Gasteiger partial charge is 0.231 e. The van der Waals surface area contributed by atoms with Gasteiger partial charge in [-0.1, -0.05) is 31.7 Å². The van der Waals surface area contributed by atoms with E-state index >= 15 is 0 Å². The van der Waals surface area contributed by atoms with Crippen molar-refractivity contribution >= 4 is 29.0 Å². The Hall–Kier alpha value is -2.05. The third-order valence-corrected chi connectivity index (χ3v) is 5.33. The van der Waals surface area contributed by atoms with Gasteiger partial charge in [0.2, 0.25) is 11.1 Å². The maximum atomic E-state index is 12.1. The fraction of sp³-hybridized carbons (Fsp3) is 0.429. The summed E-state index contributed by atoms with van der Waals surface area (Å²) in [6.45, 7) is 5.49. The average Bonchev–Trinajstić information content (AvgIpc) is 3.14. The molecule has 23 heavy (non-hydrogen) atoms. The van der Waals surface area contributed by atoms with Crippen LogP contribution >= 0.6 is 23.1 Å². The number of thioether (sulfide) groups is 1. The standard InChI is InChI=1S/C14H18N6OS2/c1-9(2)14(3,8-15)17-11(21)7-23-13-19-18-12(20(13)16)10-5-4-6-22-10/h4-6,9H,7,16H2,1-3H3,(H,17,21)/t14-/m1/s1. The molecule has 2 rings (SSSR count). The van der Waals surface area contributed by atoms with Gasteiger partial charge in [-0.15, -0.1) is 21.5 Å². The number of rotatable bonds is 6. The van der Waals surface area contributed by atoms with Crippen molar-refractivity contribution in [2.45, 2.75) is 31.5 Å². The highest BCUT2D eigenvalue weighted by molar-refractivity contribution is 7.99. The van der Waals surface area contributed by atoms with Crippen LogP contribution in [0.15, 0.2) is 22.7 Å². The van der Waals surface area contributed by atoms with Crippen LogP contribution in [0, 0.1) is 17.2 Å². The quantitative estimate of drug-likeness (QED) is 0.608. The molecule has 0 fully saturated rings. The van der Waals surface area contributed by atoms with Gasteiger partial charge in [-0.05, 0) is 24.3 Å². The van der Waals surface area contributed by atoms with E-state index in [-0.39, 0.29) is 17.6 Å². The molecule has 122 valence electrons. The second-order valence-corrected chi connectivity index (χ2v) is 7.35. The van der Waals surface area contributed by atoms with Crippen LogP contribution in [-0.2, 0) is 4.79 Å². The lowest BCUT2D eigenvalue weighted by molar-refractivity contribution is -0.120. The maximum absolute atomic E-state index is 12.1. The number of aromatic nitrogens is 3. The topological polar surface area (TPSA) is 110 Å². The van der Waals surface area contributed by atoms with Gasteiger partial charge in [0.1, 0.15) is 5.54 Å². The van der Waals surface area contributed by atoms with Gasteiger partial charge >= 0.3 is 0 Å². The first-order chi connectivity index (χ1) is 10.9. The van der Waals surface area contributed by atoms with Crippen LogP contribution < -0.4 is 11.2 Å². The van der Waals surface area contributed by atoms with Crippen molar-refractivity contribution in [3.8, 4) is 16.8 Å². The number of carbonyl (C=O) groups excluding carboxylic acids is 1. The van der Waals surface area contributed by atoms with Crippen LogP contribution in [0.25, 0.3) is 10.7 Å². The SMILES string of the molecule is CC(C)[C@@](C)(C#N)NC(=O)CSc1nnc(-c2cccs2)n1N. The molecule has 1 atom stereocenters. The highest BCUT2D eigenvalue weighted by atomic mass is 32.2. The molecule has 1 amide bonds. The number of amides is 1. The summed E-state index contributed by atoms with van der Waals surface area (Å²) in [5, 5.41) is 22.4. The zero-order valence-corrected chi connectivity index (χ0v) is 14.7. The summed E-state index contributed by atoms with van der Waals surface area (Å²) >= 11 is 2.70. The van der Waals surface area contributed by atoms with Crippen molar-refractivity contribution in [3.05, 3.63) is 17.5 Å². The summed E-state index contributed by atoms with van der Waals surface area (Å²) in [6, 6.07) is 5.95. The molecule has 0 bridgehead atoms. The molecule has 0 saturated heterocycles. The Bertz CT molecular complexity index is 718. The van der Waals surface area contributed by atoms with Gasteiger partial charge in [0.15, 0.2) is 5.82 Å². The van der Waals surface area contributed by atoms with E-state index in [1.165, 1.54) is 27.8 Å². The first-order valence-corrected chi connectivity index (χ1v) is 8.83. The van der Waals surface area contributed by atoms with Gasteiger partial charge in [-0.2, -0.15) is 5.26 Å². The Morgan fingerprint density at radius 2 is 2.35 bits per heavy atom. The number of hydrogen-bond donors (Lipinski definition) is 2. The zero-order chi connectivity index (χ0) is 17.0. The molecule has 0 saturated carbocycles. The molecule has 3 N–H and O–H groups in total. The minimum Gasteiger partial charge on any atom is -0.337 e. The first kappa shape index (κ1) is 17.3. The zero-order valence-electron chi connectivity index (χ0n) is 13.1. The van der Waals surface area contributed by atoms with Crippen molar-refractivity contribution in [2.75, 3.05) is 11.6 Å². The van der Waals surface area contributed by atoms with Crippen LogP contribution in [0.4, 0.5) is 0 Å². The van der Waals surface area contributed by atoms with Gasteiger partial charge in [0, 0.05) is 0 Å². The molecule has 0 aromatic carbocycles. The van der Waals surface area contributed by atoms with Gasteiger partial charge in [-0.3, -0.25) is 4.79 Å². The molecule has 7 nitrogen and oxygen atoms in total. The van der Waals surface area contributed by atoms with Gasteiger partial charge < -0.3 is 11.2 Å². The van der Waals surface area contributed by atoms with Crippen molar-refractivity contribution in [1.82, 2.24) is 20.2 Å². The molecule has 2 aromatic rings. The van der Waals surface area contributed by atoms with E-state index in [0.29, 0.717) is 11.0 Å². The summed E-state index contributed by atoms with van der Waals surface area (Å²) in [6.07, 6.45) is 0. The van der Waals surface area contributed by atoms with Crippen LogP contribution in [0.1, 0.15) is 20.8 Å². The summed E-state index contributed by atoms with van der Waals surface area (Å²) in [5.74, 6) is 6.42. The number of nitrogens with one attached hydrogen (secondary N) is 1. The first-order valence-electron chi connectivity index (χ1n) is 6.97. The van der Waals surface area contributed by atoms with Crippen LogP contribution in [0.3, 0.4) is 0 Å². The number of thiophene rings is 1.